The molecule has 0 fully saturated rings. The van der Waals surface area contributed by atoms with Gasteiger partial charge in [0.15, 0.2) is 0 Å². The molecule has 0 saturated heterocycles. The molecule has 1 aromatic heterocycles. The molecule has 1 aromatic carbocycles. The first-order chi connectivity index (χ1) is 12.5. The van der Waals surface area contributed by atoms with Gasteiger partial charge < -0.3 is 10.2 Å². The summed E-state index contributed by atoms with van der Waals surface area (Å²) in [7, 11) is 0. The molecule has 0 saturated carbocycles. The van der Waals surface area contributed by atoms with Gasteiger partial charge in [0.25, 0.3) is 5.91 Å². The molecule has 2 aromatic rings. The standard InChI is InChI=1S/C20H24N4OS/c1-13(2)11-21-19(25)15(4)26-20-14(3)18(22-12-23-20)24-10-9-16-7-5-6-8-17(16)24/h5-8,12-13H,4,9-11H2,1-3H3,(H,21,25). The van der Waals surface area contributed by atoms with E-state index < -0.39 is 0 Å². The van der Waals surface area contributed by atoms with Gasteiger partial charge in [-0.25, -0.2) is 9.97 Å². The molecule has 1 amide bonds. The minimum absolute atomic E-state index is 0.144. The van der Waals surface area contributed by atoms with E-state index in [0.717, 1.165) is 29.4 Å². The Kier molecular flexibility index (Phi) is 5.61. The van der Waals surface area contributed by atoms with Crippen LogP contribution in [0.25, 0.3) is 0 Å². The van der Waals surface area contributed by atoms with Crippen LogP contribution in [-0.2, 0) is 11.2 Å². The quantitative estimate of drug-likeness (QED) is 0.477. The van der Waals surface area contributed by atoms with E-state index in [1.807, 2.05) is 13.0 Å². The molecule has 5 nitrogen and oxygen atoms in total. The number of carbonyl (C=O) groups excluding carboxylic acids is 1. The first-order valence-electron chi connectivity index (χ1n) is 8.79. The SMILES string of the molecule is C=C(Sc1ncnc(N2CCc3ccccc32)c1C)C(=O)NCC(C)C. The Morgan fingerprint density at radius 3 is 2.88 bits per heavy atom. The van der Waals surface area contributed by atoms with Gasteiger partial charge in [-0.2, -0.15) is 0 Å². The molecule has 0 bridgehead atoms. The van der Waals surface area contributed by atoms with Crippen molar-refractivity contribution in [2.24, 2.45) is 5.92 Å². The molecule has 1 aliphatic rings. The van der Waals surface area contributed by atoms with Crippen LogP contribution in [0.4, 0.5) is 11.5 Å². The Morgan fingerprint density at radius 2 is 2.12 bits per heavy atom. The van der Waals surface area contributed by atoms with Gasteiger partial charge in [-0.1, -0.05) is 50.4 Å². The van der Waals surface area contributed by atoms with Gasteiger partial charge in [0.05, 0.1) is 4.91 Å². The number of fused-ring (bicyclic) bond motifs is 1. The molecule has 0 spiro atoms. The van der Waals surface area contributed by atoms with Crippen molar-refractivity contribution in [2.45, 2.75) is 32.2 Å². The smallest absolute Gasteiger partial charge is 0.257 e. The lowest BCUT2D eigenvalue weighted by Crippen LogP contribution is -2.27. The zero-order valence-electron chi connectivity index (χ0n) is 15.5. The Balaban J connectivity index is 1.78. The number of amides is 1. The molecule has 136 valence electrons. The molecule has 3 rings (SSSR count). The van der Waals surface area contributed by atoms with E-state index >= 15 is 0 Å². The highest BCUT2D eigenvalue weighted by molar-refractivity contribution is 8.04. The maximum atomic E-state index is 12.2. The molecule has 2 heterocycles. The van der Waals surface area contributed by atoms with Gasteiger partial charge in [-0.05, 0) is 30.9 Å². The summed E-state index contributed by atoms with van der Waals surface area (Å²) in [6.45, 7) is 11.6. The summed E-state index contributed by atoms with van der Waals surface area (Å²) < 4.78 is 0. The van der Waals surface area contributed by atoms with Crippen LogP contribution in [0.1, 0.15) is 25.0 Å². The number of anilines is 2. The lowest BCUT2D eigenvalue weighted by atomic mass is 10.2. The van der Waals surface area contributed by atoms with E-state index in [1.54, 1.807) is 6.33 Å². The number of nitrogens with one attached hydrogen (secondary N) is 1. The van der Waals surface area contributed by atoms with E-state index in [9.17, 15) is 4.79 Å². The number of hydrogen-bond donors (Lipinski definition) is 1. The van der Waals surface area contributed by atoms with E-state index in [1.165, 1.54) is 23.0 Å². The van der Waals surface area contributed by atoms with Crippen LogP contribution < -0.4 is 10.2 Å². The Hall–Kier alpha value is -2.34. The number of hydrogen-bond acceptors (Lipinski definition) is 5. The van der Waals surface area contributed by atoms with Crippen molar-refractivity contribution in [1.82, 2.24) is 15.3 Å². The van der Waals surface area contributed by atoms with Crippen molar-refractivity contribution < 1.29 is 4.79 Å². The normalized spacial score (nSPS) is 13.0. The maximum absolute atomic E-state index is 12.2. The van der Waals surface area contributed by atoms with E-state index in [0.29, 0.717) is 17.4 Å². The van der Waals surface area contributed by atoms with Crippen LogP contribution in [0.3, 0.4) is 0 Å². The number of thioether (sulfide) groups is 1. The second kappa shape index (κ2) is 7.91. The van der Waals surface area contributed by atoms with Gasteiger partial charge in [-0.3, -0.25) is 4.79 Å². The van der Waals surface area contributed by atoms with Gasteiger partial charge >= 0.3 is 0 Å². The summed E-state index contributed by atoms with van der Waals surface area (Å²) in [5.41, 5.74) is 3.49. The molecule has 0 radical (unpaired) electrons. The fourth-order valence-electron chi connectivity index (χ4n) is 2.92. The molecule has 0 atom stereocenters. The van der Waals surface area contributed by atoms with Crippen molar-refractivity contribution in [3.8, 4) is 0 Å². The van der Waals surface area contributed by atoms with E-state index in [-0.39, 0.29) is 5.91 Å². The zero-order chi connectivity index (χ0) is 18.7. The van der Waals surface area contributed by atoms with Gasteiger partial charge in [0, 0.05) is 24.3 Å². The Labute approximate surface area is 158 Å². The number of carbonyl (C=O) groups is 1. The molecule has 0 unspecified atom stereocenters. The van der Waals surface area contributed by atoms with Crippen LogP contribution in [0, 0.1) is 12.8 Å². The third-order valence-corrected chi connectivity index (χ3v) is 5.33. The van der Waals surface area contributed by atoms with Crippen LogP contribution >= 0.6 is 11.8 Å². The van der Waals surface area contributed by atoms with Crippen molar-refractivity contribution in [3.63, 3.8) is 0 Å². The molecular weight excluding hydrogens is 344 g/mol. The second-order valence-corrected chi connectivity index (χ2v) is 7.87. The first-order valence-corrected chi connectivity index (χ1v) is 9.61. The van der Waals surface area contributed by atoms with Gasteiger partial charge in [0.1, 0.15) is 17.2 Å². The number of para-hydroxylation sites is 1. The fourth-order valence-corrected chi connectivity index (χ4v) is 3.66. The van der Waals surface area contributed by atoms with E-state index in [4.69, 9.17) is 0 Å². The summed E-state index contributed by atoms with van der Waals surface area (Å²) in [6.07, 6.45) is 2.57. The second-order valence-electron chi connectivity index (χ2n) is 6.79. The number of rotatable bonds is 6. The third kappa shape index (κ3) is 3.90. The molecular formula is C20H24N4OS. The Morgan fingerprint density at radius 1 is 1.35 bits per heavy atom. The average Bonchev–Trinajstić information content (AvgIpc) is 3.05. The van der Waals surface area contributed by atoms with Crippen LogP contribution in [-0.4, -0.2) is 29.0 Å². The molecule has 1 N–H and O–H groups in total. The minimum atomic E-state index is -0.144. The number of benzene rings is 1. The summed E-state index contributed by atoms with van der Waals surface area (Å²) >= 11 is 1.30. The summed E-state index contributed by atoms with van der Waals surface area (Å²) in [5, 5.41) is 3.66. The third-order valence-electron chi connectivity index (χ3n) is 4.30. The van der Waals surface area contributed by atoms with Gasteiger partial charge in [0.2, 0.25) is 0 Å². The Bertz CT molecular complexity index is 834. The van der Waals surface area contributed by atoms with Gasteiger partial charge in [-0.15, -0.1) is 0 Å². The topological polar surface area (TPSA) is 58.1 Å². The monoisotopic (exact) mass is 368 g/mol. The summed E-state index contributed by atoms with van der Waals surface area (Å²) in [6, 6.07) is 8.39. The highest BCUT2D eigenvalue weighted by atomic mass is 32.2. The lowest BCUT2D eigenvalue weighted by molar-refractivity contribution is -0.116. The summed E-state index contributed by atoms with van der Waals surface area (Å²) in [5.74, 6) is 1.15. The number of aromatic nitrogens is 2. The predicted octanol–water partition coefficient (Wildman–Crippen LogP) is 3.86. The first kappa shape index (κ1) is 18.5. The van der Waals surface area contributed by atoms with Crippen molar-refractivity contribution in [1.29, 1.82) is 0 Å². The number of nitrogens with zero attached hydrogens (tertiary/aromatic N) is 3. The van der Waals surface area contributed by atoms with Crippen LogP contribution in [0.2, 0.25) is 0 Å². The highest BCUT2D eigenvalue weighted by Crippen LogP contribution is 2.37. The minimum Gasteiger partial charge on any atom is -0.351 e. The largest absolute Gasteiger partial charge is 0.351 e. The summed E-state index contributed by atoms with van der Waals surface area (Å²) in [4.78, 5) is 23.7. The lowest BCUT2D eigenvalue weighted by Gasteiger charge is -2.21. The van der Waals surface area contributed by atoms with Crippen molar-refractivity contribution in [2.75, 3.05) is 18.0 Å². The fraction of sp³-hybridized carbons (Fsp3) is 0.350. The van der Waals surface area contributed by atoms with Crippen molar-refractivity contribution in [3.05, 3.63) is 53.2 Å². The van der Waals surface area contributed by atoms with E-state index in [2.05, 4.69) is 58.8 Å². The predicted molar refractivity (Wildman–Crippen MR) is 107 cm³/mol. The zero-order valence-corrected chi connectivity index (χ0v) is 16.3. The van der Waals surface area contributed by atoms with Crippen LogP contribution in [0.5, 0.6) is 0 Å². The molecule has 26 heavy (non-hydrogen) atoms. The maximum Gasteiger partial charge on any atom is 0.257 e. The molecule has 6 heteroatoms. The molecule has 1 aliphatic heterocycles. The van der Waals surface area contributed by atoms with Crippen molar-refractivity contribution >= 4 is 29.2 Å². The highest BCUT2D eigenvalue weighted by Gasteiger charge is 2.24. The average molecular weight is 369 g/mol. The van der Waals surface area contributed by atoms with Crippen LogP contribution in [0.15, 0.2) is 47.1 Å². The molecule has 0 aliphatic carbocycles.